The minimum absolute atomic E-state index is 0.0787. The Morgan fingerprint density at radius 1 is 1.18 bits per heavy atom. The van der Waals surface area contributed by atoms with Gasteiger partial charge in [-0.3, -0.25) is 14.4 Å². The molecule has 0 aromatic rings. The highest BCUT2D eigenvalue weighted by Gasteiger charge is 2.15. The monoisotopic (exact) mass is 246 g/mol. The summed E-state index contributed by atoms with van der Waals surface area (Å²) >= 11 is 0. The van der Waals surface area contributed by atoms with Gasteiger partial charge >= 0.3 is 11.9 Å². The molecule has 0 fully saturated rings. The quantitative estimate of drug-likeness (QED) is 0.455. The molecule has 98 valence electrons. The van der Waals surface area contributed by atoms with Gasteiger partial charge in [0, 0.05) is 19.0 Å². The fraction of sp³-hybridized carbons (Fsp3) is 0.700. The second kappa shape index (κ2) is 7.61. The van der Waals surface area contributed by atoms with Crippen molar-refractivity contribution in [1.29, 1.82) is 0 Å². The van der Waals surface area contributed by atoms with Crippen LogP contribution in [0.15, 0.2) is 0 Å². The first-order chi connectivity index (χ1) is 7.82. The third kappa shape index (κ3) is 8.21. The van der Waals surface area contributed by atoms with Crippen LogP contribution in [-0.4, -0.2) is 46.7 Å². The summed E-state index contributed by atoms with van der Waals surface area (Å²) in [6.07, 6.45) is -0.0175. The molecule has 1 amide bonds. The normalized spacial score (nSPS) is 13.8. The van der Waals surface area contributed by atoms with Gasteiger partial charge in [0.25, 0.3) is 0 Å². The van der Waals surface area contributed by atoms with E-state index in [0.717, 1.165) is 0 Å². The standard InChI is InChI=1S/C10H18N2O5/c1-6(12-7(2)10(16)17)5-8(13)11-4-3-9(14)15/h6-7,12H,3-5H2,1-2H3,(H,11,13)(H,14,15)(H,16,17). The number of nitrogens with one attached hydrogen (secondary N) is 2. The molecule has 0 radical (unpaired) electrons. The average Bonchev–Trinajstić information content (AvgIpc) is 2.16. The van der Waals surface area contributed by atoms with E-state index in [1.807, 2.05) is 0 Å². The molecular weight excluding hydrogens is 228 g/mol. The summed E-state index contributed by atoms with van der Waals surface area (Å²) in [5.41, 5.74) is 0. The third-order valence-corrected chi connectivity index (χ3v) is 2.06. The fourth-order valence-electron chi connectivity index (χ4n) is 1.22. The first-order valence-electron chi connectivity index (χ1n) is 5.30. The Morgan fingerprint density at radius 2 is 1.76 bits per heavy atom. The minimum atomic E-state index is -0.983. The van der Waals surface area contributed by atoms with Crippen LogP contribution in [0.3, 0.4) is 0 Å². The lowest BCUT2D eigenvalue weighted by Crippen LogP contribution is -2.42. The number of carboxylic acid groups (broad SMARTS) is 2. The van der Waals surface area contributed by atoms with Crippen LogP contribution < -0.4 is 10.6 Å². The van der Waals surface area contributed by atoms with E-state index in [9.17, 15) is 14.4 Å². The van der Waals surface area contributed by atoms with Crippen molar-refractivity contribution in [2.45, 2.75) is 38.8 Å². The van der Waals surface area contributed by atoms with E-state index >= 15 is 0 Å². The number of carbonyl (C=O) groups excluding carboxylic acids is 1. The van der Waals surface area contributed by atoms with Gasteiger partial charge in [0.1, 0.15) is 6.04 Å². The van der Waals surface area contributed by atoms with Crippen molar-refractivity contribution in [1.82, 2.24) is 10.6 Å². The van der Waals surface area contributed by atoms with E-state index in [-0.39, 0.29) is 31.3 Å². The number of hydrogen-bond donors (Lipinski definition) is 4. The van der Waals surface area contributed by atoms with E-state index in [2.05, 4.69) is 10.6 Å². The highest BCUT2D eigenvalue weighted by molar-refractivity contribution is 5.77. The molecule has 0 aliphatic heterocycles. The molecule has 0 spiro atoms. The molecule has 0 saturated carbocycles. The number of hydrogen-bond acceptors (Lipinski definition) is 4. The summed E-state index contributed by atoms with van der Waals surface area (Å²) in [5, 5.41) is 22.2. The molecule has 0 rings (SSSR count). The predicted molar refractivity (Wildman–Crippen MR) is 59.6 cm³/mol. The van der Waals surface area contributed by atoms with Crippen LogP contribution in [0.4, 0.5) is 0 Å². The fourth-order valence-corrected chi connectivity index (χ4v) is 1.22. The summed E-state index contributed by atoms with van der Waals surface area (Å²) < 4.78 is 0. The number of carboxylic acids is 2. The Hall–Kier alpha value is -1.63. The van der Waals surface area contributed by atoms with Gasteiger partial charge in [-0.2, -0.15) is 0 Å². The first-order valence-corrected chi connectivity index (χ1v) is 5.30. The van der Waals surface area contributed by atoms with E-state index in [0.29, 0.717) is 0 Å². The maximum atomic E-state index is 11.3. The van der Waals surface area contributed by atoms with Crippen LogP contribution in [-0.2, 0) is 14.4 Å². The van der Waals surface area contributed by atoms with Crippen LogP contribution in [0.25, 0.3) is 0 Å². The minimum Gasteiger partial charge on any atom is -0.481 e. The zero-order valence-electron chi connectivity index (χ0n) is 9.90. The lowest BCUT2D eigenvalue weighted by atomic mass is 10.2. The molecular formula is C10H18N2O5. The van der Waals surface area contributed by atoms with Crippen molar-refractivity contribution in [2.24, 2.45) is 0 Å². The Kier molecular flexibility index (Phi) is 6.88. The SMILES string of the molecule is CC(CC(=O)NCCC(=O)O)NC(C)C(=O)O. The lowest BCUT2D eigenvalue weighted by Gasteiger charge is -2.16. The van der Waals surface area contributed by atoms with Crippen molar-refractivity contribution < 1.29 is 24.6 Å². The molecule has 17 heavy (non-hydrogen) atoms. The zero-order valence-corrected chi connectivity index (χ0v) is 9.90. The van der Waals surface area contributed by atoms with Crippen LogP contribution in [0.5, 0.6) is 0 Å². The predicted octanol–water partition coefficient (Wildman–Crippen LogP) is -0.581. The number of rotatable bonds is 8. The Morgan fingerprint density at radius 3 is 2.24 bits per heavy atom. The maximum absolute atomic E-state index is 11.3. The second-order valence-corrected chi connectivity index (χ2v) is 3.83. The molecule has 2 unspecified atom stereocenters. The average molecular weight is 246 g/mol. The molecule has 7 nitrogen and oxygen atoms in total. The number of aliphatic carboxylic acids is 2. The topological polar surface area (TPSA) is 116 Å². The molecule has 0 heterocycles. The summed E-state index contributed by atoms with van der Waals surface area (Å²) in [4.78, 5) is 32.0. The Bertz CT molecular complexity index is 292. The van der Waals surface area contributed by atoms with Crippen molar-refractivity contribution in [2.75, 3.05) is 6.54 Å². The van der Waals surface area contributed by atoms with Crippen LogP contribution in [0.1, 0.15) is 26.7 Å². The highest BCUT2D eigenvalue weighted by Crippen LogP contribution is 1.94. The molecule has 0 aliphatic carbocycles. The molecule has 0 saturated heterocycles. The Balaban J connectivity index is 3.80. The van der Waals surface area contributed by atoms with E-state index in [1.54, 1.807) is 6.92 Å². The molecule has 0 bridgehead atoms. The zero-order chi connectivity index (χ0) is 13.4. The van der Waals surface area contributed by atoms with Gasteiger partial charge in [0.15, 0.2) is 0 Å². The Labute approximate surface area is 99.2 Å². The molecule has 2 atom stereocenters. The van der Waals surface area contributed by atoms with Gasteiger partial charge in [0.2, 0.25) is 5.91 Å². The van der Waals surface area contributed by atoms with E-state index in [4.69, 9.17) is 10.2 Å². The summed E-state index contributed by atoms with van der Waals surface area (Å²) in [7, 11) is 0. The molecule has 0 aromatic heterocycles. The largest absolute Gasteiger partial charge is 0.481 e. The summed E-state index contributed by atoms with van der Waals surface area (Å²) in [6, 6.07) is -1.01. The summed E-state index contributed by atoms with van der Waals surface area (Å²) in [6.45, 7) is 3.26. The van der Waals surface area contributed by atoms with Gasteiger partial charge < -0.3 is 20.8 Å². The second-order valence-electron chi connectivity index (χ2n) is 3.83. The molecule has 0 aliphatic rings. The smallest absolute Gasteiger partial charge is 0.320 e. The number of amides is 1. The van der Waals surface area contributed by atoms with E-state index in [1.165, 1.54) is 6.92 Å². The van der Waals surface area contributed by atoms with Gasteiger partial charge in [0.05, 0.1) is 6.42 Å². The van der Waals surface area contributed by atoms with Crippen molar-refractivity contribution in [3.05, 3.63) is 0 Å². The molecule has 0 aromatic carbocycles. The van der Waals surface area contributed by atoms with Crippen molar-refractivity contribution in [3.8, 4) is 0 Å². The third-order valence-electron chi connectivity index (χ3n) is 2.06. The first kappa shape index (κ1) is 15.4. The van der Waals surface area contributed by atoms with Gasteiger partial charge in [-0.05, 0) is 13.8 Å². The molecule has 4 N–H and O–H groups in total. The van der Waals surface area contributed by atoms with Crippen LogP contribution in [0, 0.1) is 0 Å². The van der Waals surface area contributed by atoms with Gasteiger partial charge in [-0.25, -0.2) is 0 Å². The number of carbonyl (C=O) groups is 3. The van der Waals surface area contributed by atoms with Crippen molar-refractivity contribution in [3.63, 3.8) is 0 Å². The van der Waals surface area contributed by atoms with E-state index < -0.39 is 18.0 Å². The van der Waals surface area contributed by atoms with Crippen molar-refractivity contribution >= 4 is 17.8 Å². The van der Waals surface area contributed by atoms with Crippen LogP contribution in [0.2, 0.25) is 0 Å². The van der Waals surface area contributed by atoms with Gasteiger partial charge in [-0.1, -0.05) is 0 Å². The summed E-state index contributed by atoms with van der Waals surface area (Å²) in [5.74, 6) is -2.26. The highest BCUT2D eigenvalue weighted by atomic mass is 16.4. The van der Waals surface area contributed by atoms with Crippen LogP contribution >= 0.6 is 0 Å². The lowest BCUT2D eigenvalue weighted by molar-refractivity contribution is -0.140. The maximum Gasteiger partial charge on any atom is 0.320 e. The van der Waals surface area contributed by atoms with Gasteiger partial charge in [-0.15, -0.1) is 0 Å². The molecule has 7 heteroatoms.